The molecule has 0 spiro atoms. The number of aromatic nitrogens is 4. The van der Waals surface area contributed by atoms with E-state index < -0.39 is 5.60 Å². The Hall–Kier alpha value is -3.62. The van der Waals surface area contributed by atoms with Crippen molar-refractivity contribution < 1.29 is 14.3 Å². The zero-order valence-corrected chi connectivity index (χ0v) is 24.4. The zero-order chi connectivity index (χ0) is 28.3. The van der Waals surface area contributed by atoms with Crippen LogP contribution < -0.4 is 9.64 Å². The molecule has 0 aromatic carbocycles. The van der Waals surface area contributed by atoms with Crippen LogP contribution in [0, 0.1) is 5.92 Å². The Balaban J connectivity index is 1.26. The van der Waals surface area contributed by atoms with Crippen LogP contribution in [0.4, 0.5) is 10.5 Å². The molecule has 1 aliphatic heterocycles. The zero-order valence-electron chi connectivity index (χ0n) is 24.4. The van der Waals surface area contributed by atoms with E-state index in [2.05, 4.69) is 34.0 Å². The lowest BCUT2D eigenvalue weighted by molar-refractivity contribution is 0.00736. The number of piperidine rings is 1. The first-order chi connectivity index (χ1) is 19.2. The second-order valence-corrected chi connectivity index (χ2v) is 12.1. The molecule has 40 heavy (non-hydrogen) atoms. The minimum atomic E-state index is -0.499. The fraction of sp³-hybridized carbons (Fsp3) is 0.548. The van der Waals surface area contributed by atoms with E-state index in [4.69, 9.17) is 14.5 Å². The molecule has 9 nitrogen and oxygen atoms in total. The van der Waals surface area contributed by atoms with Gasteiger partial charge in [-0.05, 0) is 70.1 Å². The van der Waals surface area contributed by atoms with E-state index in [-0.39, 0.29) is 18.1 Å². The molecule has 5 rings (SSSR count). The number of nitrogens with zero attached hydrogens (tertiary/aromatic N) is 6. The average Bonchev–Trinajstić information content (AvgIpc) is 3.42. The van der Waals surface area contributed by atoms with Crippen molar-refractivity contribution >= 4 is 11.8 Å². The van der Waals surface area contributed by atoms with Crippen molar-refractivity contribution in [2.45, 2.75) is 77.4 Å². The van der Waals surface area contributed by atoms with Crippen molar-refractivity contribution in [3.63, 3.8) is 0 Å². The molecule has 214 valence electrons. The van der Waals surface area contributed by atoms with Crippen molar-refractivity contribution in [1.29, 1.82) is 0 Å². The molecule has 3 aromatic heterocycles. The van der Waals surface area contributed by atoms with Gasteiger partial charge in [0.2, 0.25) is 0 Å². The van der Waals surface area contributed by atoms with Crippen molar-refractivity contribution in [3.8, 4) is 11.4 Å². The number of ether oxygens (including phenoxy) is 2. The summed E-state index contributed by atoms with van der Waals surface area (Å²) in [6.45, 7) is 10.5. The third-order valence-electron chi connectivity index (χ3n) is 8.03. The molecule has 1 unspecified atom stereocenters. The molecule has 3 aromatic rings. The van der Waals surface area contributed by atoms with E-state index in [1.807, 2.05) is 55.0 Å². The first-order valence-electron chi connectivity index (χ1n) is 14.4. The highest BCUT2D eigenvalue weighted by Gasteiger charge is 2.34. The third-order valence-corrected chi connectivity index (χ3v) is 8.03. The Morgan fingerprint density at radius 2 is 1.93 bits per heavy atom. The number of anilines is 1. The van der Waals surface area contributed by atoms with Crippen LogP contribution in [-0.4, -0.2) is 69.1 Å². The van der Waals surface area contributed by atoms with Crippen LogP contribution in [0.5, 0.6) is 5.75 Å². The molecule has 1 saturated carbocycles. The first kappa shape index (κ1) is 27.9. The Kier molecular flexibility index (Phi) is 8.28. The van der Waals surface area contributed by atoms with Crippen molar-refractivity contribution in [2.75, 3.05) is 31.6 Å². The molecular formula is C31H42N6O3. The predicted molar refractivity (Wildman–Crippen MR) is 155 cm³/mol. The lowest BCUT2D eigenvalue weighted by atomic mass is 9.84. The molecule has 2 fully saturated rings. The van der Waals surface area contributed by atoms with Crippen LogP contribution >= 0.6 is 0 Å². The van der Waals surface area contributed by atoms with E-state index >= 15 is 0 Å². The van der Waals surface area contributed by atoms with Gasteiger partial charge in [0.05, 0.1) is 49.3 Å². The Bertz CT molecular complexity index is 1280. The fourth-order valence-electron chi connectivity index (χ4n) is 5.45. The van der Waals surface area contributed by atoms with Gasteiger partial charge in [-0.2, -0.15) is 5.10 Å². The smallest absolute Gasteiger partial charge is 0.410 e. The van der Waals surface area contributed by atoms with Gasteiger partial charge in [0.1, 0.15) is 11.4 Å². The van der Waals surface area contributed by atoms with Gasteiger partial charge < -0.3 is 19.3 Å². The summed E-state index contributed by atoms with van der Waals surface area (Å²) in [5.74, 6) is 1.37. The minimum Gasteiger partial charge on any atom is -0.495 e. The van der Waals surface area contributed by atoms with Crippen molar-refractivity contribution in [3.05, 3.63) is 60.4 Å². The molecule has 1 amide bonds. The summed E-state index contributed by atoms with van der Waals surface area (Å²) in [4.78, 5) is 26.7. The fourth-order valence-corrected chi connectivity index (χ4v) is 5.45. The summed E-state index contributed by atoms with van der Waals surface area (Å²) >= 11 is 0. The van der Waals surface area contributed by atoms with Gasteiger partial charge in [0, 0.05) is 43.5 Å². The second-order valence-electron chi connectivity index (χ2n) is 12.1. The molecule has 0 bridgehead atoms. The van der Waals surface area contributed by atoms with Gasteiger partial charge in [0.25, 0.3) is 0 Å². The van der Waals surface area contributed by atoms with E-state index in [0.717, 1.165) is 55.1 Å². The topological polar surface area (TPSA) is 85.6 Å². The normalized spacial score (nSPS) is 18.6. The maximum Gasteiger partial charge on any atom is 0.410 e. The monoisotopic (exact) mass is 546 g/mol. The van der Waals surface area contributed by atoms with E-state index in [9.17, 15) is 4.79 Å². The summed E-state index contributed by atoms with van der Waals surface area (Å²) in [6, 6.07) is 6.30. The Morgan fingerprint density at radius 3 is 2.60 bits per heavy atom. The number of carbonyl (C=O) groups is 1. The third kappa shape index (κ3) is 6.57. The highest BCUT2D eigenvalue weighted by Crippen LogP contribution is 2.31. The van der Waals surface area contributed by atoms with Gasteiger partial charge in [0.15, 0.2) is 0 Å². The van der Waals surface area contributed by atoms with E-state index in [0.29, 0.717) is 11.7 Å². The SMILES string of the molecule is COc1cncc(-n2cc(C(C)c3ccc(N4CCC[C@@H](N(CC5CCC5)C(=O)OC(C)(C)C)C4)cn3)cn2)c1. The standard InChI is InChI=1S/C31H42N6O3/c1-22(24-15-34-37(20-24)27-14-28(39-5)18-32-16-27)29-12-11-25(17-33-29)35-13-7-10-26(21-35)36(19-23-8-6-9-23)30(38)40-31(2,3)4/h11-12,14-18,20,22-23,26H,6-10,13,19,21H2,1-5H3/t22?,26-/m1/s1. The molecule has 0 radical (unpaired) electrons. The van der Waals surface area contributed by atoms with Crippen molar-refractivity contribution in [2.24, 2.45) is 5.92 Å². The van der Waals surface area contributed by atoms with Gasteiger partial charge in [-0.1, -0.05) is 13.3 Å². The maximum absolute atomic E-state index is 13.2. The number of pyridine rings is 2. The number of amides is 1. The van der Waals surface area contributed by atoms with Crippen LogP contribution in [0.2, 0.25) is 0 Å². The van der Waals surface area contributed by atoms with Gasteiger partial charge in [-0.3, -0.25) is 9.97 Å². The molecule has 2 aliphatic rings. The minimum absolute atomic E-state index is 0.0839. The quantitative estimate of drug-likeness (QED) is 0.351. The largest absolute Gasteiger partial charge is 0.495 e. The number of carbonyl (C=O) groups excluding carboxylic acids is 1. The summed E-state index contributed by atoms with van der Waals surface area (Å²) in [5.41, 5.74) is 3.50. The molecule has 9 heteroatoms. The first-order valence-corrected chi connectivity index (χ1v) is 14.4. The van der Waals surface area contributed by atoms with Crippen LogP contribution in [-0.2, 0) is 4.74 Å². The molecule has 0 N–H and O–H groups in total. The van der Waals surface area contributed by atoms with Crippen molar-refractivity contribution in [1.82, 2.24) is 24.6 Å². The van der Waals surface area contributed by atoms with Gasteiger partial charge in [-0.15, -0.1) is 0 Å². The number of methoxy groups -OCH3 is 1. The molecule has 1 aliphatic carbocycles. The van der Waals surface area contributed by atoms with E-state index in [1.165, 1.54) is 19.3 Å². The van der Waals surface area contributed by atoms with Crippen LogP contribution in [0.1, 0.15) is 77.0 Å². The van der Waals surface area contributed by atoms with E-state index in [1.54, 1.807) is 19.5 Å². The van der Waals surface area contributed by atoms with Gasteiger partial charge in [-0.25, -0.2) is 9.48 Å². The summed E-state index contributed by atoms with van der Waals surface area (Å²) in [6.07, 6.45) is 14.8. The summed E-state index contributed by atoms with van der Waals surface area (Å²) < 4.78 is 12.9. The lowest BCUT2D eigenvalue weighted by Gasteiger charge is -2.43. The highest BCUT2D eigenvalue weighted by atomic mass is 16.6. The molecule has 2 atom stereocenters. The molecule has 1 saturated heterocycles. The predicted octanol–water partition coefficient (Wildman–Crippen LogP) is 5.83. The number of rotatable bonds is 8. The summed E-state index contributed by atoms with van der Waals surface area (Å²) in [7, 11) is 1.63. The highest BCUT2D eigenvalue weighted by molar-refractivity contribution is 5.69. The Morgan fingerprint density at radius 1 is 1.10 bits per heavy atom. The van der Waals surface area contributed by atoms with Gasteiger partial charge >= 0.3 is 6.09 Å². The lowest BCUT2D eigenvalue weighted by Crippen LogP contribution is -2.53. The molecule has 4 heterocycles. The second kappa shape index (κ2) is 11.9. The van der Waals surface area contributed by atoms with Crippen LogP contribution in [0.15, 0.2) is 49.2 Å². The number of hydrogen-bond acceptors (Lipinski definition) is 7. The maximum atomic E-state index is 13.2. The summed E-state index contributed by atoms with van der Waals surface area (Å²) in [5, 5.41) is 4.53. The Labute approximate surface area is 237 Å². The average molecular weight is 547 g/mol. The number of hydrogen-bond donors (Lipinski definition) is 0. The molecular weight excluding hydrogens is 504 g/mol. The van der Waals surface area contributed by atoms with Crippen LogP contribution in [0.3, 0.4) is 0 Å². The van der Waals surface area contributed by atoms with Crippen LogP contribution in [0.25, 0.3) is 5.69 Å².